The first kappa shape index (κ1) is 24.2. The van der Waals surface area contributed by atoms with Gasteiger partial charge in [0.2, 0.25) is 5.91 Å². The summed E-state index contributed by atoms with van der Waals surface area (Å²) in [6, 6.07) is 9.42. The molecule has 0 spiro atoms. The van der Waals surface area contributed by atoms with Crippen LogP contribution in [0.15, 0.2) is 67.7 Å². The van der Waals surface area contributed by atoms with Crippen molar-refractivity contribution in [2.75, 3.05) is 37.6 Å². The molecule has 0 saturated carbocycles. The van der Waals surface area contributed by atoms with E-state index in [0.29, 0.717) is 50.2 Å². The molecule has 0 bridgehead atoms. The number of aromatic nitrogens is 3. The summed E-state index contributed by atoms with van der Waals surface area (Å²) in [5.74, 6) is 1.10. The molecule has 0 fully saturated rings. The van der Waals surface area contributed by atoms with Gasteiger partial charge in [-0.25, -0.2) is 4.98 Å². The number of carbonyl (C=O) groups excluding carboxylic acids is 1. The molecule has 1 aliphatic heterocycles. The SMILES string of the molecule is C=CC(=O)Nc1cccc(COc2cc(Nc3cnn(CCOC)c3)ncc2C2=CCOCC2)c1. The second kappa shape index (κ2) is 12.0. The van der Waals surface area contributed by atoms with Gasteiger partial charge in [-0.3, -0.25) is 9.48 Å². The van der Waals surface area contributed by atoms with Gasteiger partial charge >= 0.3 is 0 Å². The Kier molecular flexibility index (Phi) is 8.26. The van der Waals surface area contributed by atoms with Crippen LogP contribution in [0.2, 0.25) is 0 Å². The minimum atomic E-state index is -0.257. The average molecular weight is 476 g/mol. The third-order valence-electron chi connectivity index (χ3n) is 5.38. The zero-order valence-electron chi connectivity index (χ0n) is 19.7. The number of nitrogens with zero attached hydrogens (tertiary/aromatic N) is 3. The summed E-state index contributed by atoms with van der Waals surface area (Å²) in [5, 5.41) is 10.4. The molecule has 1 aliphatic rings. The number of carbonyl (C=O) groups is 1. The number of methoxy groups -OCH3 is 1. The monoisotopic (exact) mass is 475 g/mol. The Hall–Kier alpha value is -3.95. The van der Waals surface area contributed by atoms with Crippen molar-refractivity contribution in [1.82, 2.24) is 14.8 Å². The number of hydrogen-bond acceptors (Lipinski definition) is 7. The predicted octanol–water partition coefficient (Wildman–Crippen LogP) is 4.18. The fourth-order valence-electron chi connectivity index (χ4n) is 3.61. The molecule has 0 atom stereocenters. The standard InChI is InChI=1S/C26H29N5O4/c1-3-26(32)30-21-6-4-5-19(13-21)18-35-24-14-25(27-16-23(24)20-7-10-34-11-8-20)29-22-15-28-31(17-22)9-12-33-2/h3-7,13-17H,1,8-12,18H2,2H3,(H,27,29)(H,30,32). The molecule has 0 aliphatic carbocycles. The first-order valence-electron chi connectivity index (χ1n) is 11.4. The molecule has 0 unspecified atom stereocenters. The van der Waals surface area contributed by atoms with Crippen LogP contribution in [-0.2, 0) is 27.4 Å². The number of hydrogen-bond donors (Lipinski definition) is 2. The van der Waals surface area contributed by atoms with Gasteiger partial charge in [-0.15, -0.1) is 0 Å². The maximum absolute atomic E-state index is 11.6. The lowest BCUT2D eigenvalue weighted by Crippen LogP contribution is -2.08. The molecule has 182 valence electrons. The zero-order valence-corrected chi connectivity index (χ0v) is 19.7. The quantitative estimate of drug-likeness (QED) is 0.402. The maximum Gasteiger partial charge on any atom is 0.247 e. The van der Waals surface area contributed by atoms with Gasteiger partial charge in [0.25, 0.3) is 0 Å². The Labute approximate surface area is 204 Å². The lowest BCUT2D eigenvalue weighted by Gasteiger charge is -2.18. The van der Waals surface area contributed by atoms with Crippen LogP contribution in [0.5, 0.6) is 5.75 Å². The molecule has 1 amide bonds. The predicted molar refractivity (Wildman–Crippen MR) is 135 cm³/mol. The maximum atomic E-state index is 11.6. The van der Waals surface area contributed by atoms with Gasteiger partial charge in [-0.05, 0) is 35.8 Å². The minimum absolute atomic E-state index is 0.257. The van der Waals surface area contributed by atoms with Gasteiger partial charge < -0.3 is 24.8 Å². The third kappa shape index (κ3) is 6.78. The number of amides is 1. The van der Waals surface area contributed by atoms with E-state index in [-0.39, 0.29) is 5.91 Å². The van der Waals surface area contributed by atoms with Crippen LogP contribution in [0.25, 0.3) is 5.57 Å². The van der Waals surface area contributed by atoms with Crippen LogP contribution in [0.4, 0.5) is 17.2 Å². The van der Waals surface area contributed by atoms with Crippen molar-refractivity contribution in [1.29, 1.82) is 0 Å². The van der Waals surface area contributed by atoms with Crippen molar-refractivity contribution in [3.05, 3.63) is 78.8 Å². The molecule has 4 rings (SSSR count). The van der Waals surface area contributed by atoms with Crippen LogP contribution in [0, 0.1) is 0 Å². The second-order valence-electron chi connectivity index (χ2n) is 7.91. The Balaban J connectivity index is 1.53. The lowest BCUT2D eigenvalue weighted by molar-refractivity contribution is -0.111. The van der Waals surface area contributed by atoms with Gasteiger partial charge in [-0.2, -0.15) is 5.10 Å². The highest BCUT2D eigenvalue weighted by Gasteiger charge is 2.15. The molecular formula is C26H29N5O4. The number of nitrogens with one attached hydrogen (secondary N) is 2. The van der Waals surface area contributed by atoms with Crippen LogP contribution in [0.3, 0.4) is 0 Å². The summed E-state index contributed by atoms with van der Waals surface area (Å²) < 4.78 is 18.6. The number of rotatable bonds is 11. The van der Waals surface area contributed by atoms with Gasteiger partial charge in [0.15, 0.2) is 0 Å². The van der Waals surface area contributed by atoms with E-state index in [1.54, 1.807) is 13.3 Å². The van der Waals surface area contributed by atoms with Crippen LogP contribution in [0.1, 0.15) is 17.5 Å². The molecule has 0 saturated heterocycles. The topological polar surface area (TPSA) is 99.5 Å². The molecule has 1 aromatic carbocycles. The Bertz CT molecular complexity index is 1200. The highest BCUT2D eigenvalue weighted by atomic mass is 16.5. The summed E-state index contributed by atoms with van der Waals surface area (Å²) in [6.45, 7) is 6.30. The van der Waals surface area contributed by atoms with Crippen LogP contribution < -0.4 is 15.4 Å². The molecule has 3 heterocycles. The van der Waals surface area contributed by atoms with Crippen LogP contribution in [-0.4, -0.2) is 47.6 Å². The van der Waals surface area contributed by atoms with Crippen molar-refractivity contribution in [3.63, 3.8) is 0 Å². The average Bonchev–Trinajstić information content (AvgIpc) is 3.34. The van der Waals surface area contributed by atoms with E-state index in [4.69, 9.17) is 14.2 Å². The first-order valence-corrected chi connectivity index (χ1v) is 11.4. The normalized spacial score (nSPS) is 13.1. The summed E-state index contributed by atoms with van der Waals surface area (Å²) in [4.78, 5) is 16.2. The fraction of sp³-hybridized carbons (Fsp3) is 0.269. The lowest BCUT2D eigenvalue weighted by atomic mass is 10.0. The van der Waals surface area contributed by atoms with E-state index in [1.165, 1.54) is 6.08 Å². The highest BCUT2D eigenvalue weighted by molar-refractivity contribution is 5.98. The van der Waals surface area contributed by atoms with Crippen molar-refractivity contribution in [2.24, 2.45) is 0 Å². The van der Waals surface area contributed by atoms with Gasteiger partial charge in [-0.1, -0.05) is 24.8 Å². The number of ether oxygens (including phenoxy) is 3. The van der Waals surface area contributed by atoms with E-state index in [2.05, 4.69) is 33.4 Å². The zero-order chi connectivity index (χ0) is 24.5. The number of anilines is 3. The van der Waals surface area contributed by atoms with E-state index in [9.17, 15) is 4.79 Å². The summed E-state index contributed by atoms with van der Waals surface area (Å²) in [6.07, 6.45) is 9.57. The number of pyridine rings is 1. The molecule has 0 radical (unpaired) electrons. The van der Waals surface area contributed by atoms with E-state index < -0.39 is 0 Å². The molecule has 2 N–H and O–H groups in total. The summed E-state index contributed by atoms with van der Waals surface area (Å²) in [5.41, 5.74) is 4.51. The minimum Gasteiger partial charge on any atom is -0.488 e. The molecule has 35 heavy (non-hydrogen) atoms. The Morgan fingerprint density at radius 1 is 1.29 bits per heavy atom. The fourth-order valence-corrected chi connectivity index (χ4v) is 3.61. The summed E-state index contributed by atoms with van der Waals surface area (Å²) in [7, 11) is 1.66. The molecular weight excluding hydrogens is 446 g/mol. The summed E-state index contributed by atoms with van der Waals surface area (Å²) >= 11 is 0. The molecule has 2 aromatic heterocycles. The van der Waals surface area contributed by atoms with Gasteiger partial charge in [0, 0.05) is 36.8 Å². The third-order valence-corrected chi connectivity index (χ3v) is 5.38. The second-order valence-corrected chi connectivity index (χ2v) is 7.91. The Morgan fingerprint density at radius 2 is 2.20 bits per heavy atom. The molecule has 3 aromatic rings. The highest BCUT2D eigenvalue weighted by Crippen LogP contribution is 2.32. The van der Waals surface area contributed by atoms with Crippen molar-refractivity contribution >= 4 is 28.7 Å². The van der Waals surface area contributed by atoms with E-state index in [0.717, 1.165) is 28.8 Å². The van der Waals surface area contributed by atoms with Crippen LogP contribution >= 0.6 is 0 Å². The molecule has 9 nitrogen and oxygen atoms in total. The van der Waals surface area contributed by atoms with Crippen molar-refractivity contribution in [3.8, 4) is 5.75 Å². The smallest absolute Gasteiger partial charge is 0.247 e. The number of benzene rings is 1. The van der Waals surface area contributed by atoms with Gasteiger partial charge in [0.1, 0.15) is 18.2 Å². The van der Waals surface area contributed by atoms with Gasteiger partial charge in [0.05, 0.1) is 38.2 Å². The molecule has 9 heteroatoms. The Morgan fingerprint density at radius 3 is 3.00 bits per heavy atom. The first-order chi connectivity index (χ1) is 17.1. The van der Waals surface area contributed by atoms with E-state index in [1.807, 2.05) is 47.4 Å². The van der Waals surface area contributed by atoms with Crippen molar-refractivity contribution in [2.45, 2.75) is 19.6 Å². The largest absolute Gasteiger partial charge is 0.488 e. The van der Waals surface area contributed by atoms with E-state index >= 15 is 0 Å². The van der Waals surface area contributed by atoms with Crippen molar-refractivity contribution < 1.29 is 19.0 Å².